The van der Waals surface area contributed by atoms with E-state index in [-0.39, 0.29) is 0 Å². The molecule has 0 aliphatic heterocycles. The van der Waals surface area contributed by atoms with Crippen molar-refractivity contribution in [3.05, 3.63) is 24.3 Å². The molecular formula is C14H22N4. The van der Waals surface area contributed by atoms with Crippen LogP contribution >= 0.6 is 0 Å². The molecule has 98 valence electrons. The van der Waals surface area contributed by atoms with Gasteiger partial charge in [-0.05, 0) is 18.1 Å². The first-order chi connectivity index (χ1) is 8.59. The minimum absolute atomic E-state index is 0.333. The lowest BCUT2D eigenvalue weighted by Crippen LogP contribution is -2.33. The number of hydrogen-bond acceptors (Lipinski definition) is 3. The smallest absolute Gasteiger partial charge is 0.113 e. The summed E-state index contributed by atoms with van der Waals surface area (Å²) in [7, 11) is 0. The van der Waals surface area contributed by atoms with Gasteiger partial charge in [-0.15, -0.1) is 5.10 Å². The minimum atomic E-state index is 0.333. The van der Waals surface area contributed by atoms with Crippen LogP contribution in [0.5, 0.6) is 0 Å². The van der Waals surface area contributed by atoms with Crippen molar-refractivity contribution in [1.29, 1.82) is 0 Å². The molecule has 0 amide bonds. The van der Waals surface area contributed by atoms with Crippen molar-refractivity contribution >= 4 is 11.0 Å². The first-order valence-corrected chi connectivity index (χ1v) is 6.63. The van der Waals surface area contributed by atoms with Crippen molar-refractivity contribution in [2.24, 2.45) is 5.92 Å². The highest BCUT2D eigenvalue weighted by Gasteiger charge is 2.19. The zero-order valence-electron chi connectivity index (χ0n) is 11.6. The summed E-state index contributed by atoms with van der Waals surface area (Å²) < 4.78 is 2.05. The molecule has 0 saturated heterocycles. The summed E-state index contributed by atoms with van der Waals surface area (Å²) in [5, 5.41) is 12.0. The predicted molar refractivity (Wildman–Crippen MR) is 74.5 cm³/mol. The van der Waals surface area contributed by atoms with Crippen LogP contribution in [-0.4, -0.2) is 27.6 Å². The molecule has 0 spiro atoms. The second kappa shape index (κ2) is 5.48. The summed E-state index contributed by atoms with van der Waals surface area (Å²) in [5.74, 6) is 0.515. The summed E-state index contributed by atoms with van der Waals surface area (Å²) in [6, 6.07) is 8.94. The Labute approximate surface area is 108 Å². The topological polar surface area (TPSA) is 42.7 Å². The molecule has 0 saturated carbocycles. The summed E-state index contributed by atoms with van der Waals surface area (Å²) in [6.07, 6.45) is 0. The molecule has 0 radical (unpaired) electrons. The van der Waals surface area contributed by atoms with Gasteiger partial charge in [0.1, 0.15) is 5.52 Å². The molecule has 1 aromatic carbocycles. The van der Waals surface area contributed by atoms with Gasteiger partial charge >= 0.3 is 0 Å². The van der Waals surface area contributed by atoms with E-state index in [1.54, 1.807) is 0 Å². The molecule has 2 aromatic rings. The lowest BCUT2D eigenvalue weighted by molar-refractivity contribution is 0.324. The van der Waals surface area contributed by atoms with E-state index in [1.165, 1.54) is 0 Å². The van der Waals surface area contributed by atoms with Gasteiger partial charge in [-0.2, -0.15) is 0 Å². The van der Waals surface area contributed by atoms with E-state index in [0.717, 1.165) is 17.6 Å². The summed E-state index contributed by atoms with van der Waals surface area (Å²) in [5.41, 5.74) is 2.08. The Kier molecular flexibility index (Phi) is 3.97. The molecule has 18 heavy (non-hydrogen) atoms. The Morgan fingerprint density at radius 1 is 1.17 bits per heavy atom. The van der Waals surface area contributed by atoms with Crippen molar-refractivity contribution in [2.75, 3.05) is 6.54 Å². The molecular weight excluding hydrogens is 224 g/mol. The predicted octanol–water partition coefficient (Wildman–Crippen LogP) is 2.63. The van der Waals surface area contributed by atoms with E-state index in [4.69, 9.17) is 0 Å². The lowest BCUT2D eigenvalue weighted by Gasteiger charge is -2.23. The summed E-state index contributed by atoms with van der Waals surface area (Å²) in [4.78, 5) is 0. The van der Waals surface area contributed by atoms with Crippen LogP contribution in [0.25, 0.3) is 11.0 Å². The number of para-hydroxylation sites is 1. The number of aromatic nitrogens is 3. The highest BCUT2D eigenvalue weighted by Crippen LogP contribution is 2.21. The van der Waals surface area contributed by atoms with E-state index < -0.39 is 0 Å². The molecule has 1 heterocycles. The third-order valence-corrected chi connectivity index (χ3v) is 3.20. The first-order valence-electron chi connectivity index (χ1n) is 6.63. The molecule has 0 aliphatic rings. The Morgan fingerprint density at radius 3 is 2.56 bits per heavy atom. The fourth-order valence-electron chi connectivity index (χ4n) is 2.09. The van der Waals surface area contributed by atoms with Crippen LogP contribution in [0.4, 0.5) is 0 Å². The van der Waals surface area contributed by atoms with Crippen LogP contribution in [-0.2, 0) is 0 Å². The minimum Gasteiger partial charge on any atom is -0.312 e. The zero-order valence-corrected chi connectivity index (χ0v) is 11.6. The Hall–Kier alpha value is -1.42. The SMILES string of the molecule is CC(C)NCC(C(C)C)n1nnc2ccccc21. The molecule has 0 aliphatic carbocycles. The average Bonchev–Trinajstić information content (AvgIpc) is 2.73. The normalized spacial score (nSPS) is 13.7. The maximum absolute atomic E-state index is 4.32. The van der Waals surface area contributed by atoms with Gasteiger partial charge in [-0.25, -0.2) is 4.68 Å². The van der Waals surface area contributed by atoms with Gasteiger partial charge in [-0.1, -0.05) is 45.0 Å². The quantitative estimate of drug-likeness (QED) is 0.882. The lowest BCUT2D eigenvalue weighted by atomic mass is 10.0. The van der Waals surface area contributed by atoms with Gasteiger partial charge in [-0.3, -0.25) is 0 Å². The Morgan fingerprint density at radius 2 is 1.89 bits per heavy atom. The van der Waals surface area contributed by atoms with Crippen LogP contribution in [0.1, 0.15) is 33.7 Å². The molecule has 1 aromatic heterocycles. The summed E-state index contributed by atoms with van der Waals surface area (Å²) in [6.45, 7) is 9.70. The van der Waals surface area contributed by atoms with Gasteiger partial charge in [0, 0.05) is 12.6 Å². The Balaban J connectivity index is 2.30. The number of nitrogens with one attached hydrogen (secondary N) is 1. The Bertz CT molecular complexity index is 501. The third kappa shape index (κ3) is 2.70. The molecule has 1 N–H and O–H groups in total. The van der Waals surface area contributed by atoms with Crippen LogP contribution in [0.15, 0.2) is 24.3 Å². The number of fused-ring (bicyclic) bond motifs is 1. The van der Waals surface area contributed by atoms with E-state index in [1.807, 2.05) is 18.2 Å². The van der Waals surface area contributed by atoms with Crippen LogP contribution < -0.4 is 5.32 Å². The molecule has 1 unspecified atom stereocenters. The molecule has 4 heteroatoms. The molecule has 1 atom stereocenters. The van der Waals surface area contributed by atoms with Gasteiger partial charge < -0.3 is 5.32 Å². The number of rotatable bonds is 5. The standard InChI is InChI=1S/C14H22N4/c1-10(2)14(9-15-11(3)4)18-13-8-6-5-7-12(13)16-17-18/h5-8,10-11,14-15H,9H2,1-4H3. The number of hydrogen-bond donors (Lipinski definition) is 1. The van der Waals surface area contributed by atoms with Gasteiger partial charge in [0.2, 0.25) is 0 Å². The third-order valence-electron chi connectivity index (χ3n) is 3.20. The van der Waals surface area contributed by atoms with E-state index in [2.05, 4.69) is 54.1 Å². The summed E-state index contributed by atoms with van der Waals surface area (Å²) >= 11 is 0. The van der Waals surface area contributed by atoms with Gasteiger partial charge in [0.25, 0.3) is 0 Å². The fourth-order valence-corrected chi connectivity index (χ4v) is 2.09. The molecule has 0 fully saturated rings. The molecule has 4 nitrogen and oxygen atoms in total. The molecule has 2 rings (SSSR count). The second-order valence-electron chi connectivity index (χ2n) is 5.40. The van der Waals surface area contributed by atoms with Crippen molar-refractivity contribution < 1.29 is 0 Å². The van der Waals surface area contributed by atoms with Crippen molar-refractivity contribution in [3.8, 4) is 0 Å². The van der Waals surface area contributed by atoms with Gasteiger partial charge in [0.15, 0.2) is 0 Å². The van der Waals surface area contributed by atoms with E-state index >= 15 is 0 Å². The van der Waals surface area contributed by atoms with E-state index in [9.17, 15) is 0 Å². The van der Waals surface area contributed by atoms with Crippen molar-refractivity contribution in [1.82, 2.24) is 20.3 Å². The van der Waals surface area contributed by atoms with E-state index in [0.29, 0.717) is 18.0 Å². The maximum atomic E-state index is 4.32. The zero-order chi connectivity index (χ0) is 13.1. The number of benzene rings is 1. The maximum Gasteiger partial charge on any atom is 0.113 e. The van der Waals surface area contributed by atoms with Crippen LogP contribution in [0, 0.1) is 5.92 Å². The fraction of sp³-hybridized carbons (Fsp3) is 0.571. The van der Waals surface area contributed by atoms with Crippen molar-refractivity contribution in [3.63, 3.8) is 0 Å². The first kappa shape index (κ1) is 13.0. The second-order valence-corrected chi connectivity index (χ2v) is 5.40. The largest absolute Gasteiger partial charge is 0.312 e. The number of nitrogens with zero attached hydrogens (tertiary/aromatic N) is 3. The highest BCUT2D eigenvalue weighted by molar-refractivity contribution is 5.73. The van der Waals surface area contributed by atoms with Crippen LogP contribution in [0.2, 0.25) is 0 Å². The van der Waals surface area contributed by atoms with Crippen molar-refractivity contribution in [2.45, 2.75) is 39.8 Å². The molecule has 0 bridgehead atoms. The highest BCUT2D eigenvalue weighted by atomic mass is 15.4. The average molecular weight is 246 g/mol. The van der Waals surface area contributed by atoms with Crippen LogP contribution in [0.3, 0.4) is 0 Å². The monoisotopic (exact) mass is 246 g/mol. The van der Waals surface area contributed by atoms with Gasteiger partial charge in [0.05, 0.1) is 11.6 Å².